The zero-order chi connectivity index (χ0) is 13.7. The van der Waals surface area contributed by atoms with Crippen molar-refractivity contribution in [2.24, 2.45) is 12.8 Å². The van der Waals surface area contributed by atoms with Gasteiger partial charge in [-0.05, 0) is 12.0 Å². The number of thioether (sulfide) groups is 1. The smallest absolute Gasteiger partial charge is 0.167 e. The normalized spacial score (nSPS) is 14.3. The van der Waals surface area contributed by atoms with Gasteiger partial charge in [0.25, 0.3) is 0 Å². The monoisotopic (exact) mass is 277 g/mol. The highest BCUT2D eigenvalue weighted by atomic mass is 32.2. The van der Waals surface area contributed by atoms with E-state index in [0.29, 0.717) is 6.42 Å². The van der Waals surface area contributed by atoms with Crippen LogP contribution in [0.5, 0.6) is 0 Å². The third-order valence-electron chi connectivity index (χ3n) is 3.19. The Balaban J connectivity index is 1.98. The Morgan fingerprint density at radius 3 is 2.68 bits per heavy atom. The second-order valence-electron chi connectivity index (χ2n) is 4.60. The molecule has 0 saturated heterocycles. The molecule has 2 aromatic rings. The van der Waals surface area contributed by atoms with Gasteiger partial charge < -0.3 is 15.4 Å². The number of hydrogen-bond acceptors (Lipinski definition) is 4. The lowest BCUT2D eigenvalue weighted by atomic mass is 9.89. The number of benzene rings is 1. The van der Waals surface area contributed by atoms with Gasteiger partial charge in [0.15, 0.2) is 5.16 Å². The van der Waals surface area contributed by atoms with Crippen LogP contribution >= 0.6 is 11.8 Å². The van der Waals surface area contributed by atoms with E-state index in [1.165, 1.54) is 0 Å². The first-order valence-corrected chi connectivity index (χ1v) is 7.20. The van der Waals surface area contributed by atoms with Crippen molar-refractivity contribution in [1.82, 2.24) is 9.55 Å². The first-order chi connectivity index (χ1) is 9.15. The molecule has 2 rings (SSSR count). The van der Waals surface area contributed by atoms with Gasteiger partial charge in [0.1, 0.15) is 0 Å². The molecule has 1 atom stereocenters. The summed E-state index contributed by atoms with van der Waals surface area (Å²) in [5.74, 6) is 0.816. The average Bonchev–Trinajstić information content (AvgIpc) is 2.85. The van der Waals surface area contributed by atoms with Crippen LogP contribution in [0.15, 0.2) is 47.9 Å². The fraction of sp³-hybridized carbons (Fsp3) is 0.357. The number of aryl methyl sites for hydroxylation is 1. The minimum absolute atomic E-state index is 0.0574. The molecule has 3 N–H and O–H groups in total. The Kier molecular flexibility index (Phi) is 4.63. The Hall–Kier alpha value is -1.30. The van der Waals surface area contributed by atoms with Gasteiger partial charge in [0.2, 0.25) is 0 Å². The molecule has 1 aromatic heterocycles. The number of rotatable bonds is 6. The fourth-order valence-corrected chi connectivity index (χ4v) is 2.95. The van der Waals surface area contributed by atoms with E-state index in [1.807, 2.05) is 48.1 Å². The van der Waals surface area contributed by atoms with Gasteiger partial charge in [-0.15, -0.1) is 0 Å². The Morgan fingerprint density at radius 2 is 2.11 bits per heavy atom. The van der Waals surface area contributed by atoms with Crippen molar-refractivity contribution in [2.75, 3.05) is 12.4 Å². The van der Waals surface area contributed by atoms with E-state index in [0.717, 1.165) is 16.5 Å². The SMILES string of the molecule is Cn1ccnc1SCCC(N)(CO)c1ccccc1. The second-order valence-corrected chi connectivity index (χ2v) is 5.66. The summed E-state index contributed by atoms with van der Waals surface area (Å²) < 4.78 is 1.98. The van der Waals surface area contributed by atoms with Crippen molar-refractivity contribution in [3.63, 3.8) is 0 Å². The van der Waals surface area contributed by atoms with Crippen molar-refractivity contribution in [3.05, 3.63) is 48.3 Å². The predicted molar refractivity (Wildman–Crippen MR) is 77.9 cm³/mol. The van der Waals surface area contributed by atoms with E-state index < -0.39 is 5.54 Å². The van der Waals surface area contributed by atoms with Gasteiger partial charge in [-0.25, -0.2) is 4.98 Å². The lowest BCUT2D eigenvalue weighted by Crippen LogP contribution is -2.41. The maximum atomic E-state index is 9.60. The molecular weight excluding hydrogens is 258 g/mol. The van der Waals surface area contributed by atoms with Crippen molar-refractivity contribution in [2.45, 2.75) is 17.1 Å². The Labute approximate surface area is 117 Å². The largest absolute Gasteiger partial charge is 0.394 e. The van der Waals surface area contributed by atoms with Crippen LogP contribution in [0.3, 0.4) is 0 Å². The van der Waals surface area contributed by atoms with E-state index in [2.05, 4.69) is 4.98 Å². The van der Waals surface area contributed by atoms with Crippen molar-refractivity contribution in [1.29, 1.82) is 0 Å². The quantitative estimate of drug-likeness (QED) is 0.790. The van der Waals surface area contributed by atoms with Crippen LogP contribution < -0.4 is 5.73 Å². The highest BCUT2D eigenvalue weighted by molar-refractivity contribution is 7.99. The molecule has 0 spiro atoms. The summed E-state index contributed by atoms with van der Waals surface area (Å²) in [5, 5.41) is 10.6. The molecule has 1 unspecified atom stereocenters. The molecule has 1 aromatic carbocycles. The molecule has 0 bridgehead atoms. The van der Waals surface area contributed by atoms with Crippen LogP contribution in [0.25, 0.3) is 0 Å². The number of nitrogens with zero attached hydrogens (tertiary/aromatic N) is 2. The zero-order valence-electron chi connectivity index (χ0n) is 11.0. The summed E-state index contributed by atoms with van der Waals surface area (Å²) in [5.41, 5.74) is 6.59. The van der Waals surface area contributed by atoms with Gasteiger partial charge in [-0.3, -0.25) is 0 Å². The molecule has 1 heterocycles. The maximum absolute atomic E-state index is 9.60. The van der Waals surface area contributed by atoms with E-state index in [9.17, 15) is 5.11 Å². The lowest BCUT2D eigenvalue weighted by Gasteiger charge is -2.27. The summed E-state index contributed by atoms with van der Waals surface area (Å²) in [7, 11) is 1.97. The van der Waals surface area contributed by atoms with E-state index in [-0.39, 0.29) is 6.61 Å². The number of hydrogen-bond donors (Lipinski definition) is 2. The molecule has 4 nitrogen and oxygen atoms in total. The van der Waals surface area contributed by atoms with Gasteiger partial charge in [-0.2, -0.15) is 0 Å². The van der Waals surface area contributed by atoms with Crippen LogP contribution in [0.2, 0.25) is 0 Å². The Morgan fingerprint density at radius 1 is 1.37 bits per heavy atom. The van der Waals surface area contributed by atoms with Gasteiger partial charge in [-0.1, -0.05) is 42.1 Å². The number of aliphatic hydroxyl groups is 1. The minimum Gasteiger partial charge on any atom is -0.394 e. The molecule has 102 valence electrons. The number of aliphatic hydroxyl groups excluding tert-OH is 1. The molecule has 0 aliphatic rings. The van der Waals surface area contributed by atoms with Crippen LogP contribution in [-0.4, -0.2) is 27.0 Å². The first-order valence-electron chi connectivity index (χ1n) is 6.21. The minimum atomic E-state index is -0.681. The third-order valence-corrected chi connectivity index (χ3v) is 4.25. The van der Waals surface area contributed by atoms with Crippen LogP contribution in [0, 0.1) is 0 Å². The number of aromatic nitrogens is 2. The molecule has 19 heavy (non-hydrogen) atoms. The molecular formula is C14H19N3OS. The van der Waals surface area contributed by atoms with Crippen LogP contribution in [0.1, 0.15) is 12.0 Å². The molecule has 0 saturated carbocycles. The van der Waals surface area contributed by atoms with Crippen LogP contribution in [0.4, 0.5) is 0 Å². The third kappa shape index (κ3) is 3.37. The van der Waals surface area contributed by atoms with Gasteiger partial charge >= 0.3 is 0 Å². The molecule has 0 aliphatic carbocycles. The van der Waals surface area contributed by atoms with E-state index in [4.69, 9.17) is 5.73 Å². The second kappa shape index (κ2) is 6.23. The number of nitrogens with two attached hydrogens (primary N) is 1. The average molecular weight is 277 g/mol. The maximum Gasteiger partial charge on any atom is 0.167 e. The molecule has 0 fully saturated rings. The fourth-order valence-electron chi connectivity index (χ4n) is 1.90. The molecule has 0 aliphatic heterocycles. The highest BCUT2D eigenvalue weighted by Gasteiger charge is 2.26. The van der Waals surface area contributed by atoms with E-state index >= 15 is 0 Å². The van der Waals surface area contributed by atoms with Crippen LogP contribution in [-0.2, 0) is 12.6 Å². The summed E-state index contributed by atoms with van der Waals surface area (Å²) in [4.78, 5) is 4.26. The van der Waals surface area contributed by atoms with Crippen molar-refractivity contribution < 1.29 is 5.11 Å². The lowest BCUT2D eigenvalue weighted by molar-refractivity contribution is 0.193. The van der Waals surface area contributed by atoms with E-state index in [1.54, 1.807) is 18.0 Å². The van der Waals surface area contributed by atoms with Gasteiger partial charge in [0, 0.05) is 25.2 Å². The molecule has 5 heteroatoms. The molecule has 0 radical (unpaired) electrons. The Bertz CT molecular complexity index is 514. The zero-order valence-corrected chi connectivity index (χ0v) is 11.8. The number of imidazole rings is 1. The summed E-state index contributed by atoms with van der Waals surface area (Å²) in [6.07, 6.45) is 4.40. The van der Waals surface area contributed by atoms with Crippen molar-refractivity contribution in [3.8, 4) is 0 Å². The van der Waals surface area contributed by atoms with Gasteiger partial charge in [0.05, 0.1) is 12.1 Å². The summed E-state index contributed by atoms with van der Waals surface area (Å²) in [6, 6.07) is 9.75. The summed E-state index contributed by atoms with van der Waals surface area (Å²) in [6.45, 7) is -0.0574. The standard InChI is InChI=1S/C14H19N3OS/c1-17-9-8-16-13(17)19-10-7-14(15,11-18)12-5-3-2-4-6-12/h2-6,8-9,18H,7,10-11,15H2,1H3. The first kappa shape index (κ1) is 14.1. The summed E-state index contributed by atoms with van der Waals surface area (Å²) >= 11 is 1.65. The highest BCUT2D eigenvalue weighted by Crippen LogP contribution is 2.25. The predicted octanol–water partition coefficient (Wildman–Crippen LogP) is 1.75. The topological polar surface area (TPSA) is 64.1 Å². The van der Waals surface area contributed by atoms with Crippen molar-refractivity contribution >= 4 is 11.8 Å². The molecule has 0 amide bonds.